The van der Waals surface area contributed by atoms with Crippen LogP contribution in [0.25, 0.3) is 0 Å². The topological polar surface area (TPSA) is 165 Å². The largest absolute Gasteiger partial charge is 0.447 e. The number of nitrogens with two attached hydrogens (primary N) is 2. The Bertz CT molecular complexity index is 1170. The van der Waals surface area contributed by atoms with Crippen LogP contribution >= 0.6 is 0 Å². The number of hydrogen-bond acceptors (Lipinski definition) is 7. The number of hydrogen-bond donors (Lipinski definition) is 3. The van der Waals surface area contributed by atoms with Crippen molar-refractivity contribution in [1.29, 1.82) is 5.26 Å². The van der Waals surface area contributed by atoms with E-state index in [0.29, 0.717) is 18.7 Å². The molecule has 12 heteroatoms. The lowest BCUT2D eigenvalue weighted by atomic mass is 9.93. The van der Waals surface area contributed by atoms with E-state index in [4.69, 9.17) is 16.2 Å². The lowest BCUT2D eigenvalue weighted by Crippen LogP contribution is -2.50. The number of carbonyl (C=O) groups is 2. The van der Waals surface area contributed by atoms with Crippen LogP contribution in [0.15, 0.2) is 59.5 Å². The van der Waals surface area contributed by atoms with Crippen molar-refractivity contribution in [2.45, 2.75) is 31.8 Å². The van der Waals surface area contributed by atoms with E-state index < -0.39 is 29.3 Å². The molecule has 2 atom stereocenters. The van der Waals surface area contributed by atoms with Crippen LogP contribution in [-0.4, -0.2) is 58.3 Å². The highest BCUT2D eigenvalue weighted by molar-refractivity contribution is 6.20. The molecule has 1 saturated heterocycles. The number of rotatable bonds is 8. The van der Waals surface area contributed by atoms with Gasteiger partial charge in [0.2, 0.25) is 0 Å². The normalized spacial score (nSPS) is 18.9. The molecule has 1 aliphatic heterocycles. The van der Waals surface area contributed by atoms with Crippen molar-refractivity contribution in [1.82, 2.24) is 20.0 Å². The molecule has 2 aromatic rings. The van der Waals surface area contributed by atoms with Crippen molar-refractivity contribution in [2.75, 3.05) is 19.7 Å². The van der Waals surface area contributed by atoms with Gasteiger partial charge >= 0.3 is 6.09 Å². The summed E-state index contributed by atoms with van der Waals surface area (Å²) in [6.07, 6.45) is 4.67. The number of aliphatic imine (C=N–C) groups is 1. The number of carbonyl (C=O) groups excluding carboxylic acids is 2. The molecule has 0 aliphatic carbocycles. The maximum atomic E-state index is 13.1. The number of nitrogens with zero attached hydrogens (tertiary/aromatic N) is 5. The highest BCUT2D eigenvalue weighted by Crippen LogP contribution is 2.20. The number of primary amides is 1. The number of ether oxygens (including phenoxy) is 1. The quantitative estimate of drug-likeness (QED) is 0.284. The minimum Gasteiger partial charge on any atom is -0.447 e. The van der Waals surface area contributed by atoms with Gasteiger partial charge in [-0.2, -0.15) is 10.4 Å². The maximum absolute atomic E-state index is 13.1. The fourth-order valence-corrected chi connectivity index (χ4v) is 3.65. The molecule has 1 fully saturated rings. The molecule has 0 bridgehead atoms. The van der Waals surface area contributed by atoms with E-state index in [1.165, 1.54) is 35.4 Å². The zero-order valence-corrected chi connectivity index (χ0v) is 20.1. The number of likely N-dealkylation sites (tertiary alicyclic amines) is 1. The summed E-state index contributed by atoms with van der Waals surface area (Å²) >= 11 is 0. The van der Waals surface area contributed by atoms with Gasteiger partial charge in [-0.1, -0.05) is 0 Å². The summed E-state index contributed by atoms with van der Waals surface area (Å²) in [4.78, 5) is 30.2. The second kappa shape index (κ2) is 11.4. The number of nitriles is 1. The van der Waals surface area contributed by atoms with Crippen LogP contribution in [0.1, 0.15) is 20.3 Å². The first-order valence-corrected chi connectivity index (χ1v) is 11.3. The lowest BCUT2D eigenvalue weighted by Gasteiger charge is -2.35. The molecule has 2 amide bonds. The molecular formula is C24H29FN8O3. The summed E-state index contributed by atoms with van der Waals surface area (Å²) in [5.41, 5.74) is 11.1. The monoisotopic (exact) mass is 496 g/mol. The first-order valence-electron chi connectivity index (χ1n) is 11.3. The molecule has 0 saturated carbocycles. The Kier molecular flexibility index (Phi) is 8.26. The molecule has 1 aromatic heterocycles. The summed E-state index contributed by atoms with van der Waals surface area (Å²) in [6, 6.07) is 8.86. The maximum Gasteiger partial charge on any atom is 0.409 e. The summed E-state index contributed by atoms with van der Waals surface area (Å²) < 4.78 is 20.3. The average Bonchev–Trinajstić information content (AvgIpc) is 3.40. The minimum atomic E-state index is -0.819. The fraction of sp³-hybridized carbons (Fsp3) is 0.375. The average molecular weight is 497 g/mol. The Labute approximate surface area is 208 Å². The molecule has 2 heterocycles. The number of piperidine rings is 1. The first kappa shape index (κ1) is 26.2. The van der Waals surface area contributed by atoms with Crippen molar-refractivity contribution in [3.63, 3.8) is 0 Å². The van der Waals surface area contributed by atoms with Crippen LogP contribution in [0.4, 0.5) is 14.9 Å². The zero-order chi connectivity index (χ0) is 26.3. The van der Waals surface area contributed by atoms with E-state index in [1.807, 2.05) is 13.8 Å². The van der Waals surface area contributed by atoms with Gasteiger partial charge in [0.15, 0.2) is 0 Å². The van der Waals surface area contributed by atoms with Gasteiger partial charge in [-0.3, -0.25) is 9.48 Å². The van der Waals surface area contributed by atoms with E-state index in [0.717, 1.165) is 0 Å². The van der Waals surface area contributed by atoms with Crippen LogP contribution in [0.3, 0.4) is 0 Å². The molecule has 1 aromatic carbocycles. The van der Waals surface area contributed by atoms with Crippen LogP contribution < -0.4 is 16.8 Å². The summed E-state index contributed by atoms with van der Waals surface area (Å²) in [5, 5.41) is 16.9. The Hall–Kier alpha value is -4.40. The highest BCUT2D eigenvalue weighted by atomic mass is 19.1. The smallest absolute Gasteiger partial charge is 0.409 e. The van der Waals surface area contributed by atoms with Gasteiger partial charge in [0.05, 0.1) is 28.8 Å². The molecule has 11 nitrogen and oxygen atoms in total. The molecule has 0 unspecified atom stereocenters. The molecule has 5 N–H and O–H groups in total. The zero-order valence-electron chi connectivity index (χ0n) is 20.1. The summed E-state index contributed by atoms with van der Waals surface area (Å²) in [5.74, 6) is -1.98. The van der Waals surface area contributed by atoms with Gasteiger partial charge in [0.1, 0.15) is 18.3 Å². The number of nitrogens with one attached hydrogen (secondary N) is 1. The summed E-state index contributed by atoms with van der Waals surface area (Å²) in [6.45, 7) is 4.40. The minimum absolute atomic E-state index is 0.0845. The third-order valence-corrected chi connectivity index (χ3v) is 5.77. The Balaban J connectivity index is 1.61. The molecule has 3 rings (SSSR count). The van der Waals surface area contributed by atoms with E-state index in [9.17, 15) is 19.2 Å². The third-order valence-electron chi connectivity index (χ3n) is 5.77. The Morgan fingerprint density at radius 2 is 2.08 bits per heavy atom. The number of amides is 2. The van der Waals surface area contributed by atoms with Crippen LogP contribution in [0, 0.1) is 23.1 Å². The molecule has 1 aliphatic rings. The SMILES string of the molecule is CC(C)(COC(=O)N1CC[C@@H](N/C=C(/C(N)=O)C(N)=Nc2ccc(F)cc2)[C@H](C#N)C1)n1cccn1. The van der Waals surface area contributed by atoms with Crippen molar-refractivity contribution >= 4 is 23.5 Å². The molecule has 36 heavy (non-hydrogen) atoms. The van der Waals surface area contributed by atoms with E-state index >= 15 is 0 Å². The molecule has 0 spiro atoms. The van der Waals surface area contributed by atoms with Crippen LogP contribution in [0.2, 0.25) is 0 Å². The number of amidine groups is 1. The highest BCUT2D eigenvalue weighted by Gasteiger charge is 2.33. The van der Waals surface area contributed by atoms with Crippen LogP contribution in [0.5, 0.6) is 0 Å². The summed E-state index contributed by atoms with van der Waals surface area (Å²) in [7, 11) is 0. The van der Waals surface area contributed by atoms with E-state index in [1.54, 1.807) is 23.1 Å². The second-order valence-electron chi connectivity index (χ2n) is 8.96. The molecule has 190 valence electrons. The van der Waals surface area contributed by atoms with Crippen molar-refractivity contribution in [3.05, 3.63) is 60.3 Å². The second-order valence-corrected chi connectivity index (χ2v) is 8.96. The van der Waals surface area contributed by atoms with Crippen LogP contribution in [-0.2, 0) is 15.1 Å². The molecular weight excluding hydrogens is 467 g/mol. The number of benzene rings is 1. The van der Waals surface area contributed by atoms with Gasteiger partial charge < -0.3 is 26.4 Å². The number of aromatic nitrogens is 2. The third kappa shape index (κ3) is 6.59. The molecule has 0 radical (unpaired) electrons. The van der Waals surface area contributed by atoms with Crippen molar-refractivity contribution in [2.24, 2.45) is 22.4 Å². The van der Waals surface area contributed by atoms with E-state index in [2.05, 4.69) is 21.5 Å². The van der Waals surface area contributed by atoms with Gasteiger partial charge in [0, 0.05) is 37.7 Å². The Morgan fingerprint density at radius 1 is 1.36 bits per heavy atom. The van der Waals surface area contributed by atoms with Crippen molar-refractivity contribution in [3.8, 4) is 6.07 Å². The Morgan fingerprint density at radius 3 is 2.69 bits per heavy atom. The predicted octanol–water partition coefficient (Wildman–Crippen LogP) is 1.76. The van der Waals surface area contributed by atoms with Crippen molar-refractivity contribution < 1.29 is 18.7 Å². The standard InChI is InChI=1S/C24H29FN8O3/c1-24(2,33-10-3-9-30-33)15-36-23(35)32-11-8-20(16(12-26)14-32)29-13-19(22(28)34)21(27)31-18-6-4-17(25)5-7-18/h3-7,9-10,13,16,20,29H,8,11,14-15H2,1-2H3,(H2,27,31)(H2,28,34)/b19-13+/t16-,20-/m1/s1. The number of halogens is 1. The first-order chi connectivity index (χ1) is 17.1. The fourth-order valence-electron chi connectivity index (χ4n) is 3.65. The van der Waals surface area contributed by atoms with Gasteiger partial charge in [-0.15, -0.1) is 0 Å². The lowest BCUT2D eigenvalue weighted by molar-refractivity contribution is -0.114. The van der Waals surface area contributed by atoms with Gasteiger partial charge in [-0.05, 0) is 50.6 Å². The predicted molar refractivity (Wildman–Crippen MR) is 130 cm³/mol. The van der Waals surface area contributed by atoms with Gasteiger partial charge in [0.25, 0.3) is 5.91 Å². The van der Waals surface area contributed by atoms with Gasteiger partial charge in [-0.25, -0.2) is 14.2 Å². The van der Waals surface area contributed by atoms with E-state index in [-0.39, 0.29) is 30.6 Å².